The van der Waals surface area contributed by atoms with Crippen LogP contribution >= 0.6 is 0 Å². The molecule has 0 spiro atoms. The number of ketones is 1. The van der Waals surface area contributed by atoms with Crippen molar-refractivity contribution in [2.45, 2.75) is 38.6 Å². The summed E-state index contributed by atoms with van der Waals surface area (Å²) in [5, 5.41) is 0. The van der Waals surface area contributed by atoms with Crippen LogP contribution in [0.5, 0.6) is 23.0 Å². The maximum Gasteiger partial charge on any atom is 0.204 e. The summed E-state index contributed by atoms with van der Waals surface area (Å²) in [6.45, 7) is 11.7. The molecule has 1 aliphatic heterocycles. The molecule has 7 heteroatoms. The molecule has 0 aromatic heterocycles. The summed E-state index contributed by atoms with van der Waals surface area (Å²) >= 11 is 0. The second kappa shape index (κ2) is 10.5. The van der Waals surface area contributed by atoms with Gasteiger partial charge in [0.1, 0.15) is 12.4 Å². The molecule has 0 radical (unpaired) electrons. The number of rotatable bonds is 8. The van der Waals surface area contributed by atoms with Crippen molar-refractivity contribution in [1.82, 2.24) is 9.80 Å². The fraction of sp³-hybridized carbons (Fsp3) is 0.536. The number of methoxy groups -OCH3 is 3. The van der Waals surface area contributed by atoms with E-state index in [9.17, 15) is 4.79 Å². The van der Waals surface area contributed by atoms with Crippen molar-refractivity contribution in [3.63, 3.8) is 0 Å². The fourth-order valence-corrected chi connectivity index (χ4v) is 5.04. The third kappa shape index (κ3) is 5.26. The number of carbonyl (C=O) groups excluding carboxylic acids is 1. The number of Topliss-reactive ketones (excluding diaryl/α,β-unsaturated/α-hetero) is 1. The molecule has 1 saturated heterocycles. The van der Waals surface area contributed by atoms with Gasteiger partial charge in [0.15, 0.2) is 17.3 Å². The topological polar surface area (TPSA) is 60.5 Å². The average Bonchev–Trinajstić information content (AvgIpc) is 3.18. The van der Waals surface area contributed by atoms with Crippen LogP contribution in [0.2, 0.25) is 0 Å². The summed E-state index contributed by atoms with van der Waals surface area (Å²) in [5.41, 5.74) is 3.04. The molecule has 190 valence electrons. The van der Waals surface area contributed by atoms with E-state index < -0.39 is 0 Å². The lowest BCUT2D eigenvalue weighted by atomic mass is 9.87. The van der Waals surface area contributed by atoms with Gasteiger partial charge >= 0.3 is 0 Å². The molecular weight excluding hydrogens is 444 g/mol. The molecule has 0 N–H and O–H groups in total. The van der Waals surface area contributed by atoms with Crippen molar-refractivity contribution in [1.29, 1.82) is 0 Å². The van der Waals surface area contributed by atoms with E-state index in [1.165, 1.54) is 5.56 Å². The minimum absolute atomic E-state index is 0.105. The largest absolute Gasteiger partial charge is 0.493 e. The number of fused-ring (bicyclic) bond motifs is 1. The van der Waals surface area contributed by atoms with Crippen LogP contribution < -0.4 is 18.9 Å². The molecule has 1 fully saturated rings. The molecule has 1 unspecified atom stereocenters. The minimum atomic E-state index is -0.171. The minimum Gasteiger partial charge on any atom is -0.493 e. The Morgan fingerprint density at radius 2 is 1.57 bits per heavy atom. The SMILES string of the molecule is COc1cc2c(c(OC)c1OC)C(=O)C(N1CCN(CCOc3ccc(C(C)(C)C)cc3)CC1)C2. The quantitative estimate of drug-likeness (QED) is 0.567. The highest BCUT2D eigenvalue weighted by Gasteiger charge is 2.40. The summed E-state index contributed by atoms with van der Waals surface area (Å²) < 4.78 is 22.5. The first-order valence-corrected chi connectivity index (χ1v) is 12.3. The molecular formula is C28H38N2O5. The first-order valence-electron chi connectivity index (χ1n) is 12.3. The second-order valence-corrected chi connectivity index (χ2v) is 10.3. The van der Waals surface area contributed by atoms with Gasteiger partial charge in [-0.1, -0.05) is 32.9 Å². The summed E-state index contributed by atoms with van der Waals surface area (Å²) in [5.74, 6) is 2.55. The number of ether oxygens (including phenoxy) is 4. The molecule has 0 bridgehead atoms. The number of hydrogen-bond acceptors (Lipinski definition) is 7. The summed E-state index contributed by atoms with van der Waals surface area (Å²) in [6, 6.07) is 10.1. The Hall–Kier alpha value is -2.77. The number of hydrogen-bond donors (Lipinski definition) is 0. The molecule has 1 heterocycles. The molecule has 4 rings (SSSR count). The zero-order valence-corrected chi connectivity index (χ0v) is 21.8. The maximum absolute atomic E-state index is 13.4. The van der Waals surface area contributed by atoms with Crippen molar-refractivity contribution in [2.24, 2.45) is 0 Å². The van der Waals surface area contributed by atoms with Gasteiger partial charge in [0.05, 0.1) is 32.9 Å². The highest BCUT2D eigenvalue weighted by atomic mass is 16.5. The van der Waals surface area contributed by atoms with Gasteiger partial charge in [-0.25, -0.2) is 0 Å². The van der Waals surface area contributed by atoms with Crippen LogP contribution in [0.25, 0.3) is 0 Å². The molecule has 2 aliphatic rings. The number of benzene rings is 2. The van der Waals surface area contributed by atoms with Crippen molar-refractivity contribution in [3.8, 4) is 23.0 Å². The zero-order valence-electron chi connectivity index (χ0n) is 21.8. The Kier molecular flexibility index (Phi) is 7.57. The van der Waals surface area contributed by atoms with Gasteiger partial charge in [0.2, 0.25) is 5.75 Å². The van der Waals surface area contributed by atoms with Gasteiger partial charge in [-0.15, -0.1) is 0 Å². The van der Waals surface area contributed by atoms with Gasteiger partial charge in [-0.3, -0.25) is 14.6 Å². The van der Waals surface area contributed by atoms with E-state index in [2.05, 4.69) is 54.8 Å². The van der Waals surface area contributed by atoms with Crippen molar-refractivity contribution < 1.29 is 23.7 Å². The molecule has 1 atom stereocenters. The molecule has 2 aromatic rings. The Labute approximate surface area is 208 Å². The molecule has 7 nitrogen and oxygen atoms in total. The second-order valence-electron chi connectivity index (χ2n) is 10.3. The predicted molar refractivity (Wildman–Crippen MR) is 137 cm³/mol. The van der Waals surface area contributed by atoms with Crippen LogP contribution in [-0.2, 0) is 11.8 Å². The first-order chi connectivity index (χ1) is 16.8. The average molecular weight is 483 g/mol. The third-order valence-electron chi connectivity index (χ3n) is 7.12. The van der Waals surface area contributed by atoms with E-state index >= 15 is 0 Å². The monoisotopic (exact) mass is 482 g/mol. The third-order valence-corrected chi connectivity index (χ3v) is 7.12. The lowest BCUT2D eigenvalue weighted by Gasteiger charge is -2.37. The van der Waals surface area contributed by atoms with Crippen LogP contribution in [0, 0.1) is 0 Å². The van der Waals surface area contributed by atoms with Gasteiger partial charge < -0.3 is 18.9 Å². The predicted octanol–water partition coefficient (Wildman–Crippen LogP) is 3.81. The lowest BCUT2D eigenvalue weighted by molar-refractivity contribution is 0.0665. The smallest absolute Gasteiger partial charge is 0.204 e. The van der Waals surface area contributed by atoms with Crippen molar-refractivity contribution >= 4 is 5.78 Å². The molecule has 0 saturated carbocycles. The van der Waals surface area contributed by atoms with Gasteiger partial charge in [-0.2, -0.15) is 0 Å². The maximum atomic E-state index is 13.4. The lowest BCUT2D eigenvalue weighted by Crippen LogP contribution is -2.52. The van der Waals surface area contributed by atoms with Gasteiger partial charge in [0, 0.05) is 32.7 Å². The standard InChI is InChI=1S/C28H38N2O5/c1-28(2,3)20-7-9-21(10-8-20)35-16-15-29-11-13-30(14-12-29)22-17-19-18-23(32-4)26(33-5)27(34-6)24(19)25(22)31/h7-10,18,22H,11-17H2,1-6H3. The Morgan fingerprint density at radius 3 is 2.14 bits per heavy atom. The molecule has 2 aromatic carbocycles. The first kappa shape index (κ1) is 25.3. The summed E-state index contributed by atoms with van der Waals surface area (Å²) in [7, 11) is 4.73. The summed E-state index contributed by atoms with van der Waals surface area (Å²) in [6.07, 6.45) is 0.665. The van der Waals surface area contributed by atoms with E-state index in [1.807, 2.05) is 6.07 Å². The van der Waals surface area contributed by atoms with Crippen LogP contribution in [0.15, 0.2) is 30.3 Å². The zero-order chi connectivity index (χ0) is 25.2. The molecule has 1 aliphatic carbocycles. The van der Waals surface area contributed by atoms with Crippen molar-refractivity contribution in [2.75, 3.05) is 60.7 Å². The van der Waals surface area contributed by atoms with Crippen LogP contribution in [0.3, 0.4) is 0 Å². The number of carbonyl (C=O) groups is 1. The Bertz CT molecular complexity index is 1040. The van der Waals surface area contributed by atoms with E-state index in [1.54, 1.807) is 21.3 Å². The number of piperazine rings is 1. The number of nitrogens with zero attached hydrogens (tertiary/aromatic N) is 2. The van der Waals surface area contributed by atoms with Crippen LogP contribution in [-0.4, -0.2) is 82.3 Å². The normalized spacial score (nSPS) is 18.9. The highest BCUT2D eigenvalue weighted by molar-refractivity contribution is 6.07. The van der Waals surface area contributed by atoms with Crippen LogP contribution in [0.1, 0.15) is 42.3 Å². The van der Waals surface area contributed by atoms with E-state index in [0.717, 1.165) is 44.0 Å². The van der Waals surface area contributed by atoms with Gasteiger partial charge in [0.25, 0.3) is 0 Å². The van der Waals surface area contributed by atoms with E-state index in [0.29, 0.717) is 35.8 Å². The Morgan fingerprint density at radius 1 is 0.914 bits per heavy atom. The van der Waals surface area contributed by atoms with E-state index in [4.69, 9.17) is 18.9 Å². The highest BCUT2D eigenvalue weighted by Crippen LogP contribution is 2.45. The Balaban J connectivity index is 1.30. The summed E-state index contributed by atoms with van der Waals surface area (Å²) in [4.78, 5) is 18.1. The fourth-order valence-electron chi connectivity index (χ4n) is 5.04. The van der Waals surface area contributed by atoms with Gasteiger partial charge in [-0.05, 0) is 41.2 Å². The van der Waals surface area contributed by atoms with E-state index in [-0.39, 0.29) is 17.2 Å². The molecule has 35 heavy (non-hydrogen) atoms. The van der Waals surface area contributed by atoms with Crippen LogP contribution in [0.4, 0.5) is 0 Å². The molecule has 0 amide bonds. The van der Waals surface area contributed by atoms with Crippen molar-refractivity contribution in [3.05, 3.63) is 47.0 Å².